The Labute approximate surface area is 147 Å². The zero-order valence-electron chi connectivity index (χ0n) is 14.7. The smallest absolute Gasteiger partial charge is 0.161 e. The van der Waals surface area contributed by atoms with Gasteiger partial charge in [0, 0.05) is 5.92 Å². The molecule has 3 nitrogen and oxygen atoms in total. The third kappa shape index (κ3) is 5.16. The zero-order chi connectivity index (χ0) is 18.2. The van der Waals surface area contributed by atoms with Crippen LogP contribution in [-0.2, 0) is 6.42 Å². The van der Waals surface area contributed by atoms with Gasteiger partial charge >= 0.3 is 0 Å². The molecule has 0 saturated carbocycles. The van der Waals surface area contributed by atoms with Crippen molar-refractivity contribution in [2.24, 2.45) is 5.73 Å². The van der Waals surface area contributed by atoms with E-state index in [2.05, 4.69) is 0 Å². The maximum Gasteiger partial charge on any atom is 0.161 e. The molecule has 2 aromatic carbocycles. The second-order valence-corrected chi connectivity index (χ2v) is 5.87. The van der Waals surface area contributed by atoms with Crippen LogP contribution >= 0.6 is 0 Å². The summed E-state index contributed by atoms with van der Waals surface area (Å²) in [6.45, 7) is 5.29. The largest absolute Gasteiger partial charge is 0.490 e. The average molecular weight is 349 g/mol. The molecular weight excluding hydrogens is 324 g/mol. The van der Waals surface area contributed by atoms with E-state index in [4.69, 9.17) is 15.2 Å². The molecule has 0 fully saturated rings. The maximum atomic E-state index is 14.0. The number of hydrogen-bond donors (Lipinski definition) is 1. The molecule has 0 spiro atoms. The van der Waals surface area contributed by atoms with E-state index in [9.17, 15) is 8.78 Å². The highest BCUT2D eigenvalue weighted by atomic mass is 19.1. The monoisotopic (exact) mass is 349 g/mol. The van der Waals surface area contributed by atoms with Gasteiger partial charge in [-0.25, -0.2) is 8.78 Å². The van der Waals surface area contributed by atoms with Crippen LogP contribution in [0.3, 0.4) is 0 Å². The van der Waals surface area contributed by atoms with Gasteiger partial charge in [-0.2, -0.15) is 0 Å². The molecule has 0 aliphatic rings. The first kappa shape index (κ1) is 19.2. The Bertz CT molecular complexity index is 691. The van der Waals surface area contributed by atoms with Crippen molar-refractivity contribution in [3.63, 3.8) is 0 Å². The highest BCUT2D eigenvalue weighted by molar-refractivity contribution is 5.43. The van der Waals surface area contributed by atoms with Gasteiger partial charge in [0.1, 0.15) is 11.6 Å². The molecule has 2 aromatic rings. The summed E-state index contributed by atoms with van der Waals surface area (Å²) in [5.41, 5.74) is 7.05. The topological polar surface area (TPSA) is 44.5 Å². The van der Waals surface area contributed by atoms with Crippen molar-refractivity contribution in [2.75, 3.05) is 19.8 Å². The summed E-state index contributed by atoms with van der Waals surface area (Å²) in [4.78, 5) is 0. The number of halogens is 2. The van der Waals surface area contributed by atoms with E-state index in [1.165, 1.54) is 6.07 Å². The molecule has 5 heteroatoms. The van der Waals surface area contributed by atoms with E-state index < -0.39 is 11.6 Å². The van der Waals surface area contributed by atoms with Crippen LogP contribution in [0.1, 0.15) is 37.3 Å². The van der Waals surface area contributed by atoms with Crippen molar-refractivity contribution in [3.8, 4) is 11.5 Å². The van der Waals surface area contributed by atoms with Crippen LogP contribution in [0.5, 0.6) is 11.5 Å². The fourth-order valence-electron chi connectivity index (χ4n) is 2.71. The molecule has 0 bridgehead atoms. The first-order valence-electron chi connectivity index (χ1n) is 8.62. The minimum absolute atomic E-state index is 0.221. The number of ether oxygens (including phenoxy) is 2. The minimum Gasteiger partial charge on any atom is -0.490 e. The van der Waals surface area contributed by atoms with E-state index in [0.29, 0.717) is 36.7 Å². The summed E-state index contributed by atoms with van der Waals surface area (Å²) in [6.07, 6.45) is 1.40. The van der Waals surface area contributed by atoms with Crippen LogP contribution < -0.4 is 15.2 Å². The molecule has 0 aromatic heterocycles. The van der Waals surface area contributed by atoms with Crippen molar-refractivity contribution in [1.29, 1.82) is 0 Å². The summed E-state index contributed by atoms with van der Waals surface area (Å²) in [5.74, 6) is 0.128. The van der Waals surface area contributed by atoms with Crippen LogP contribution in [0.25, 0.3) is 0 Å². The molecule has 0 saturated heterocycles. The van der Waals surface area contributed by atoms with Gasteiger partial charge in [-0.3, -0.25) is 0 Å². The normalized spacial score (nSPS) is 12.0. The minimum atomic E-state index is -0.465. The molecule has 1 unspecified atom stereocenters. The molecule has 0 radical (unpaired) electrons. The molecule has 0 heterocycles. The van der Waals surface area contributed by atoms with E-state index in [0.717, 1.165) is 24.1 Å². The van der Waals surface area contributed by atoms with Crippen LogP contribution in [-0.4, -0.2) is 19.8 Å². The van der Waals surface area contributed by atoms with Gasteiger partial charge in [0.15, 0.2) is 11.5 Å². The van der Waals surface area contributed by atoms with Crippen molar-refractivity contribution >= 4 is 0 Å². The molecular formula is C20H25F2NO2. The molecule has 25 heavy (non-hydrogen) atoms. The van der Waals surface area contributed by atoms with Crippen molar-refractivity contribution in [2.45, 2.75) is 32.6 Å². The summed E-state index contributed by atoms with van der Waals surface area (Å²) in [6, 6.07) is 9.11. The van der Waals surface area contributed by atoms with Gasteiger partial charge in [0.25, 0.3) is 0 Å². The van der Waals surface area contributed by atoms with Crippen molar-refractivity contribution in [3.05, 3.63) is 59.2 Å². The Morgan fingerprint density at radius 1 is 1.00 bits per heavy atom. The lowest BCUT2D eigenvalue weighted by molar-refractivity contribution is 0.276. The van der Waals surface area contributed by atoms with Crippen LogP contribution in [0.2, 0.25) is 0 Å². The summed E-state index contributed by atoms with van der Waals surface area (Å²) < 4.78 is 38.9. The number of benzene rings is 2. The van der Waals surface area contributed by atoms with Crippen LogP contribution in [0.15, 0.2) is 36.4 Å². The van der Waals surface area contributed by atoms with Gasteiger partial charge < -0.3 is 15.2 Å². The lowest BCUT2D eigenvalue weighted by Gasteiger charge is -2.18. The van der Waals surface area contributed by atoms with Gasteiger partial charge in [-0.15, -0.1) is 0 Å². The molecule has 0 aliphatic heterocycles. The van der Waals surface area contributed by atoms with Gasteiger partial charge in [0.2, 0.25) is 0 Å². The average Bonchev–Trinajstić information content (AvgIpc) is 2.61. The number of nitrogens with two attached hydrogens (primary N) is 1. The Morgan fingerprint density at radius 3 is 2.48 bits per heavy atom. The van der Waals surface area contributed by atoms with Gasteiger partial charge in [-0.05, 0) is 67.8 Å². The van der Waals surface area contributed by atoms with E-state index >= 15 is 0 Å². The molecule has 0 aliphatic carbocycles. The maximum absolute atomic E-state index is 14.0. The second-order valence-electron chi connectivity index (χ2n) is 5.87. The fraction of sp³-hybridized carbons (Fsp3) is 0.400. The quantitative estimate of drug-likeness (QED) is 0.728. The number of rotatable bonds is 9. The SMILES string of the molecule is CCCOc1ccc(CC(CN)c2cc(F)ccc2F)cc1OCC. The predicted octanol–water partition coefficient (Wildman–Crippen LogP) is 4.44. The molecule has 2 rings (SSSR count). The molecule has 1 atom stereocenters. The van der Waals surface area contributed by atoms with Gasteiger partial charge in [0.05, 0.1) is 13.2 Å². The summed E-state index contributed by atoms with van der Waals surface area (Å²) in [7, 11) is 0. The van der Waals surface area contributed by atoms with Crippen molar-refractivity contribution < 1.29 is 18.3 Å². The molecule has 2 N–H and O–H groups in total. The fourth-order valence-corrected chi connectivity index (χ4v) is 2.71. The Hall–Kier alpha value is -2.14. The lowest BCUT2D eigenvalue weighted by Crippen LogP contribution is -2.17. The Morgan fingerprint density at radius 2 is 1.80 bits per heavy atom. The second kappa shape index (κ2) is 9.37. The van der Waals surface area contributed by atoms with Crippen LogP contribution in [0, 0.1) is 11.6 Å². The highest BCUT2D eigenvalue weighted by Gasteiger charge is 2.17. The number of hydrogen-bond acceptors (Lipinski definition) is 3. The first-order valence-corrected chi connectivity index (χ1v) is 8.62. The summed E-state index contributed by atoms with van der Waals surface area (Å²) in [5, 5.41) is 0. The molecule has 136 valence electrons. The van der Waals surface area contributed by atoms with Crippen molar-refractivity contribution in [1.82, 2.24) is 0 Å². The van der Waals surface area contributed by atoms with E-state index in [-0.39, 0.29) is 12.5 Å². The van der Waals surface area contributed by atoms with Gasteiger partial charge in [-0.1, -0.05) is 13.0 Å². The predicted molar refractivity (Wildman–Crippen MR) is 95.3 cm³/mol. The molecule has 0 amide bonds. The lowest BCUT2D eigenvalue weighted by atomic mass is 9.91. The third-order valence-electron chi connectivity index (χ3n) is 3.93. The highest BCUT2D eigenvalue weighted by Crippen LogP contribution is 2.31. The third-order valence-corrected chi connectivity index (χ3v) is 3.93. The van der Waals surface area contributed by atoms with Crippen LogP contribution in [0.4, 0.5) is 8.78 Å². The Kier molecular flexibility index (Phi) is 7.19. The standard InChI is InChI=1S/C20H25F2NO2/c1-3-9-25-19-8-5-14(11-20(19)24-4-2)10-15(13-23)17-12-16(21)6-7-18(17)22/h5-8,11-12,15H,3-4,9-10,13,23H2,1-2H3. The first-order chi connectivity index (χ1) is 12.1. The zero-order valence-corrected chi connectivity index (χ0v) is 14.7. The summed E-state index contributed by atoms with van der Waals surface area (Å²) >= 11 is 0. The van der Waals surface area contributed by atoms with E-state index in [1.54, 1.807) is 0 Å². The van der Waals surface area contributed by atoms with E-state index in [1.807, 2.05) is 32.0 Å². The Balaban J connectivity index is 2.24.